The van der Waals surface area contributed by atoms with Crippen molar-refractivity contribution in [3.05, 3.63) is 53.4 Å². The molecule has 1 atom stereocenters. The summed E-state index contributed by atoms with van der Waals surface area (Å²) < 4.78 is 5.34. The Kier molecular flexibility index (Phi) is 5.92. The first-order chi connectivity index (χ1) is 13.7. The van der Waals surface area contributed by atoms with Crippen molar-refractivity contribution in [2.75, 3.05) is 32.8 Å². The van der Waals surface area contributed by atoms with E-state index in [9.17, 15) is 4.79 Å². The van der Waals surface area contributed by atoms with Crippen molar-refractivity contribution < 1.29 is 9.53 Å². The van der Waals surface area contributed by atoms with Crippen LogP contribution >= 0.6 is 0 Å². The first kappa shape index (κ1) is 19.0. The van der Waals surface area contributed by atoms with Crippen molar-refractivity contribution in [1.29, 1.82) is 0 Å². The molecule has 28 heavy (non-hydrogen) atoms. The van der Waals surface area contributed by atoms with Crippen molar-refractivity contribution in [1.82, 2.24) is 24.8 Å². The molecule has 0 radical (unpaired) electrons. The molecule has 2 fully saturated rings. The zero-order valence-corrected chi connectivity index (χ0v) is 16.4. The van der Waals surface area contributed by atoms with Gasteiger partial charge in [-0.2, -0.15) is 0 Å². The lowest BCUT2D eigenvalue weighted by atomic mass is 10.0. The Hall–Kier alpha value is -2.38. The second kappa shape index (κ2) is 8.75. The number of hydrogen-bond donors (Lipinski definition) is 0. The zero-order valence-electron chi connectivity index (χ0n) is 16.4. The molecule has 0 aliphatic carbocycles. The number of morpholine rings is 1. The number of amides is 1. The average Bonchev–Trinajstić information content (AvgIpc) is 2.75. The minimum absolute atomic E-state index is 0.00124. The molecule has 0 saturated carbocycles. The van der Waals surface area contributed by atoms with Gasteiger partial charge in [-0.15, -0.1) is 0 Å². The van der Waals surface area contributed by atoms with Crippen LogP contribution in [0.25, 0.3) is 0 Å². The van der Waals surface area contributed by atoms with Gasteiger partial charge in [-0.3, -0.25) is 14.7 Å². The second-order valence-corrected chi connectivity index (χ2v) is 7.43. The predicted molar refractivity (Wildman–Crippen MR) is 105 cm³/mol. The lowest BCUT2D eigenvalue weighted by Gasteiger charge is -2.34. The number of pyridine rings is 1. The summed E-state index contributed by atoms with van der Waals surface area (Å²) in [6.45, 7) is 6.15. The van der Waals surface area contributed by atoms with Crippen LogP contribution in [-0.4, -0.2) is 63.5 Å². The lowest BCUT2D eigenvalue weighted by Crippen LogP contribution is -2.41. The van der Waals surface area contributed by atoms with Gasteiger partial charge in [0, 0.05) is 32.0 Å². The summed E-state index contributed by atoms with van der Waals surface area (Å²) in [5.74, 6) is 0.813. The monoisotopic (exact) mass is 381 g/mol. The molecule has 2 aromatic rings. The van der Waals surface area contributed by atoms with Crippen LogP contribution in [0.1, 0.15) is 52.9 Å². The Morgan fingerprint density at radius 3 is 2.79 bits per heavy atom. The maximum atomic E-state index is 12.8. The highest BCUT2D eigenvalue weighted by atomic mass is 16.5. The van der Waals surface area contributed by atoms with Gasteiger partial charge in [0.05, 0.1) is 36.2 Å². The van der Waals surface area contributed by atoms with Crippen LogP contribution in [0.2, 0.25) is 0 Å². The minimum atomic E-state index is 0.00124. The number of carbonyl (C=O) groups excluding carboxylic acids is 1. The van der Waals surface area contributed by atoms with Crippen molar-refractivity contribution in [2.24, 2.45) is 0 Å². The van der Waals surface area contributed by atoms with Gasteiger partial charge in [-0.1, -0.05) is 12.5 Å². The fourth-order valence-electron chi connectivity index (χ4n) is 3.96. The number of likely N-dealkylation sites (tertiary alicyclic amines) is 1. The smallest absolute Gasteiger partial charge is 0.257 e. The molecule has 2 aliphatic heterocycles. The highest BCUT2D eigenvalue weighted by Crippen LogP contribution is 2.30. The van der Waals surface area contributed by atoms with Gasteiger partial charge in [-0.05, 0) is 38.4 Å². The number of ether oxygens (including phenoxy) is 1. The Balaban J connectivity index is 1.52. The molecular weight excluding hydrogens is 354 g/mol. The molecule has 148 valence electrons. The first-order valence-corrected chi connectivity index (χ1v) is 10.1. The Morgan fingerprint density at radius 2 is 2.04 bits per heavy atom. The second-order valence-electron chi connectivity index (χ2n) is 7.43. The van der Waals surface area contributed by atoms with Gasteiger partial charge >= 0.3 is 0 Å². The molecule has 0 bridgehead atoms. The SMILES string of the molecule is Cc1nc([C@@H]2CCCCN2Cc2ccccn2)ncc1C(=O)N1CCOCC1. The number of hydrogen-bond acceptors (Lipinski definition) is 6. The summed E-state index contributed by atoms with van der Waals surface area (Å²) in [6.07, 6.45) is 6.92. The largest absolute Gasteiger partial charge is 0.378 e. The number of aryl methyl sites for hydroxylation is 1. The van der Waals surface area contributed by atoms with Gasteiger partial charge in [0.1, 0.15) is 5.82 Å². The number of aromatic nitrogens is 3. The molecule has 7 heteroatoms. The maximum Gasteiger partial charge on any atom is 0.257 e. The van der Waals surface area contributed by atoms with Crippen molar-refractivity contribution in [3.63, 3.8) is 0 Å². The maximum absolute atomic E-state index is 12.8. The van der Waals surface area contributed by atoms with Gasteiger partial charge < -0.3 is 9.64 Å². The third-order valence-electron chi connectivity index (χ3n) is 5.53. The van der Waals surface area contributed by atoms with Crippen LogP contribution in [0.3, 0.4) is 0 Å². The molecule has 0 N–H and O–H groups in total. The topological polar surface area (TPSA) is 71.5 Å². The van der Waals surface area contributed by atoms with E-state index in [1.807, 2.05) is 30.2 Å². The Labute approximate surface area is 165 Å². The van der Waals surface area contributed by atoms with E-state index in [-0.39, 0.29) is 11.9 Å². The third-order valence-corrected chi connectivity index (χ3v) is 5.53. The van der Waals surface area contributed by atoms with Crippen LogP contribution in [0.15, 0.2) is 30.6 Å². The molecule has 1 amide bonds. The van der Waals surface area contributed by atoms with Gasteiger partial charge in [-0.25, -0.2) is 9.97 Å². The van der Waals surface area contributed by atoms with Crippen molar-refractivity contribution >= 4 is 5.91 Å². The summed E-state index contributed by atoms with van der Waals surface area (Å²) in [6, 6.07) is 6.19. The number of piperidine rings is 1. The molecule has 7 nitrogen and oxygen atoms in total. The quantitative estimate of drug-likeness (QED) is 0.810. The van der Waals surface area contributed by atoms with Crippen molar-refractivity contribution in [2.45, 2.75) is 38.8 Å². The van der Waals surface area contributed by atoms with Gasteiger partial charge in [0.25, 0.3) is 5.91 Å². The standard InChI is InChI=1S/C21H27N5O2/c1-16-18(21(27)25-10-12-28-13-11-25)14-23-20(24-16)19-7-3-5-9-26(19)15-17-6-2-4-8-22-17/h2,4,6,8,14,19H,3,5,7,9-13,15H2,1H3/t19-/m0/s1. The summed E-state index contributed by atoms with van der Waals surface area (Å²) in [7, 11) is 0. The van der Waals surface area contributed by atoms with E-state index in [1.165, 1.54) is 12.8 Å². The number of nitrogens with zero attached hydrogens (tertiary/aromatic N) is 5. The molecule has 0 aromatic carbocycles. The number of rotatable bonds is 4. The zero-order chi connectivity index (χ0) is 19.3. The van der Waals surface area contributed by atoms with E-state index in [1.54, 1.807) is 6.20 Å². The van der Waals surface area contributed by atoms with E-state index in [0.29, 0.717) is 31.9 Å². The normalized spacial score (nSPS) is 20.9. The van der Waals surface area contributed by atoms with E-state index >= 15 is 0 Å². The third kappa shape index (κ3) is 4.20. The fraction of sp³-hybridized carbons (Fsp3) is 0.524. The van der Waals surface area contributed by atoms with Crippen LogP contribution < -0.4 is 0 Å². The summed E-state index contributed by atoms with van der Waals surface area (Å²) in [4.78, 5) is 30.9. The lowest BCUT2D eigenvalue weighted by molar-refractivity contribution is 0.0301. The van der Waals surface area contributed by atoms with E-state index in [4.69, 9.17) is 9.72 Å². The van der Waals surface area contributed by atoms with E-state index < -0.39 is 0 Å². The van der Waals surface area contributed by atoms with Gasteiger partial charge in [0.2, 0.25) is 0 Å². The average molecular weight is 381 g/mol. The van der Waals surface area contributed by atoms with E-state index in [2.05, 4.69) is 20.9 Å². The predicted octanol–water partition coefficient (Wildman–Crippen LogP) is 2.38. The molecule has 2 aliphatic rings. The Bertz CT molecular complexity index is 808. The van der Waals surface area contributed by atoms with Crippen LogP contribution in [0.5, 0.6) is 0 Å². The Morgan fingerprint density at radius 1 is 1.18 bits per heavy atom. The summed E-state index contributed by atoms with van der Waals surface area (Å²) in [5.41, 5.74) is 2.41. The van der Waals surface area contributed by atoms with Crippen LogP contribution in [0, 0.1) is 6.92 Å². The molecule has 2 saturated heterocycles. The molecule has 2 aromatic heterocycles. The fourth-order valence-corrected chi connectivity index (χ4v) is 3.96. The van der Waals surface area contributed by atoms with Crippen LogP contribution in [0.4, 0.5) is 0 Å². The highest BCUT2D eigenvalue weighted by molar-refractivity contribution is 5.95. The molecule has 4 heterocycles. The minimum Gasteiger partial charge on any atom is -0.378 e. The molecular formula is C21H27N5O2. The molecule has 0 unspecified atom stereocenters. The number of carbonyl (C=O) groups is 1. The summed E-state index contributed by atoms with van der Waals surface area (Å²) in [5, 5.41) is 0. The summed E-state index contributed by atoms with van der Waals surface area (Å²) >= 11 is 0. The molecule has 0 spiro atoms. The van der Waals surface area contributed by atoms with Crippen LogP contribution in [-0.2, 0) is 11.3 Å². The highest BCUT2D eigenvalue weighted by Gasteiger charge is 2.28. The van der Waals surface area contributed by atoms with Gasteiger partial charge in [0.15, 0.2) is 0 Å². The van der Waals surface area contributed by atoms with E-state index in [0.717, 1.165) is 36.7 Å². The first-order valence-electron chi connectivity index (χ1n) is 10.1. The van der Waals surface area contributed by atoms with Crippen molar-refractivity contribution in [3.8, 4) is 0 Å². The molecule has 4 rings (SSSR count).